The van der Waals surface area contributed by atoms with Gasteiger partial charge in [-0.25, -0.2) is 13.7 Å². The Morgan fingerprint density at radius 1 is 0.347 bits per heavy atom. The summed E-state index contributed by atoms with van der Waals surface area (Å²) in [6.45, 7) is 0.724. The van der Waals surface area contributed by atoms with E-state index >= 15 is 0 Å². The normalized spacial score (nSPS) is 26.3. The second kappa shape index (κ2) is 48.6. The van der Waals surface area contributed by atoms with Crippen LogP contribution in [0.1, 0.15) is 103 Å². The van der Waals surface area contributed by atoms with E-state index in [0.717, 1.165) is 0 Å². The molecule has 0 bridgehead atoms. The maximum absolute atomic E-state index is 12.7. The fourth-order valence-electron chi connectivity index (χ4n) is 9.61. The third-order valence-corrected chi connectivity index (χ3v) is 16.8. The van der Waals surface area contributed by atoms with E-state index in [9.17, 15) is 88.4 Å². The Balaban J connectivity index is 1.33. The van der Waals surface area contributed by atoms with E-state index < -0.39 is 147 Å². The van der Waals surface area contributed by atoms with Gasteiger partial charge in [0.25, 0.3) is 0 Å². The summed E-state index contributed by atoms with van der Waals surface area (Å²) in [6.07, 6.45) is -20.3. The van der Waals surface area contributed by atoms with Crippen molar-refractivity contribution >= 4 is 58.9 Å². The van der Waals surface area contributed by atoms with Gasteiger partial charge >= 0.3 is 23.5 Å². The van der Waals surface area contributed by atoms with Crippen LogP contribution in [0.2, 0.25) is 0 Å². The highest BCUT2D eigenvalue weighted by atomic mass is 31.2. The molecule has 0 spiro atoms. The molecule has 3 aliphatic rings. The number of hydrogen-bond donors (Lipinski definition) is 21. The lowest BCUT2D eigenvalue weighted by Crippen LogP contribution is -2.59. The van der Waals surface area contributed by atoms with Gasteiger partial charge in [-0.1, -0.05) is 6.92 Å². The van der Waals surface area contributed by atoms with Gasteiger partial charge < -0.3 is 150 Å². The molecule has 0 aromatic heterocycles. The first kappa shape index (κ1) is 91.6. The molecule has 3 heterocycles. The van der Waals surface area contributed by atoms with Crippen LogP contribution in [0.4, 0.5) is 0 Å². The van der Waals surface area contributed by atoms with Crippen LogP contribution in [-0.4, -0.2) is 321 Å². The molecule has 3 rings (SSSR count). The van der Waals surface area contributed by atoms with E-state index in [-0.39, 0.29) is 160 Å². The molecular formula is C56H105N6O36P3. The van der Waals surface area contributed by atoms with Crippen molar-refractivity contribution in [1.29, 1.82) is 0 Å². The number of phosphoric ester groups is 3. The quantitative estimate of drug-likeness (QED) is 0.0199. The largest absolute Gasteiger partial charge is 0.469 e. The molecule has 0 radical (unpaired) electrons. The average Bonchev–Trinajstić information content (AvgIpc) is 0.830. The van der Waals surface area contributed by atoms with Crippen molar-refractivity contribution in [3.05, 3.63) is 0 Å². The number of aliphatic hydroxyl groups excluding tert-OH is 9. The van der Waals surface area contributed by atoms with Crippen LogP contribution in [0.5, 0.6) is 0 Å². The van der Waals surface area contributed by atoms with Gasteiger partial charge in [0, 0.05) is 103 Å². The lowest BCUT2D eigenvalue weighted by atomic mass is 9.89. The number of carbonyl (C=O) groups excluding carboxylic acids is 6. The van der Waals surface area contributed by atoms with Gasteiger partial charge in [-0.05, 0) is 64.2 Å². The van der Waals surface area contributed by atoms with Crippen molar-refractivity contribution < 1.29 is 174 Å². The van der Waals surface area contributed by atoms with Crippen molar-refractivity contribution in [2.24, 2.45) is 5.41 Å². The van der Waals surface area contributed by atoms with Gasteiger partial charge in [0.1, 0.15) is 79.9 Å². The van der Waals surface area contributed by atoms with E-state index in [1.165, 1.54) is 0 Å². The highest BCUT2D eigenvalue weighted by molar-refractivity contribution is 7.46. The minimum absolute atomic E-state index is 0.0133. The van der Waals surface area contributed by atoms with Gasteiger partial charge in [-0.15, -0.1) is 0 Å². The average molecular weight is 1530 g/mol. The molecule has 45 heteroatoms. The summed E-state index contributed by atoms with van der Waals surface area (Å²) in [4.78, 5) is 129. The Bertz CT molecular complexity index is 2300. The monoisotopic (exact) mass is 1530 g/mol. The molecule has 101 heavy (non-hydrogen) atoms. The molecule has 42 nitrogen and oxygen atoms in total. The van der Waals surface area contributed by atoms with Gasteiger partial charge in [0.2, 0.25) is 35.4 Å². The Morgan fingerprint density at radius 3 is 0.911 bits per heavy atom. The molecule has 0 aliphatic carbocycles. The van der Waals surface area contributed by atoms with Crippen molar-refractivity contribution in [3.63, 3.8) is 0 Å². The number of rotatable bonds is 54. The van der Waals surface area contributed by atoms with Crippen LogP contribution in [0.3, 0.4) is 0 Å². The topological polar surface area (TPSA) is 640 Å². The van der Waals surface area contributed by atoms with Gasteiger partial charge in [-0.2, -0.15) is 0 Å². The standard InChI is InChI=1S/C56H105N6O36P3/c1-56(16-28-87-32-43(68)62-22-10-19-59-40(65)13-4-7-25-92-55-52(77)49(74)46(71)37(98-55)31-95-101(84,85)86,33-88-26-14-41(66)60-20-8-17-57-38(63)11-2-5-23-90-53-50(75)47(72)44(69)35(96-53)29-93-99(78,79)80)34-89-27-15-42(67)61-21-9-18-58-39(64)12-3-6-24-91-54-51(76)48(73)45(70)36(97-54)30-94-100(81,82)83/h35-37,44-55,69-77H,2-34H2,1H3,(H,57,63)(H,58,64)(H,59,65)(H,60,66)(H,61,67)(H,62,68)(H2,78,79,80)(H2,81,82,83)(H2,84,85,86). The molecule has 15 unspecified atom stereocenters. The summed E-state index contributed by atoms with van der Waals surface area (Å²) in [5, 5.41) is 108. The van der Waals surface area contributed by atoms with E-state index in [1.807, 2.05) is 6.92 Å². The Hall–Kier alpha value is -3.57. The van der Waals surface area contributed by atoms with E-state index in [4.69, 9.17) is 72.0 Å². The maximum Gasteiger partial charge on any atom is 0.469 e. The number of nitrogens with one attached hydrogen (secondary N) is 6. The predicted octanol–water partition coefficient (Wildman–Crippen LogP) is -6.61. The van der Waals surface area contributed by atoms with Crippen molar-refractivity contribution in [1.82, 2.24) is 31.9 Å². The van der Waals surface area contributed by atoms with Crippen LogP contribution >= 0.6 is 23.5 Å². The molecule has 3 aliphatic heterocycles. The van der Waals surface area contributed by atoms with E-state index in [1.54, 1.807) is 0 Å². The SMILES string of the molecule is CC(CCOCC(=O)NCCCNC(=O)CCCCOC1OC(COP(=O)(O)O)C(O)C(O)C1O)(COCCC(=O)NCCCNC(=O)CCCCOC1OC(COP(=O)(O)O)C(O)C(O)C1O)COCCC(=O)NCCCNC(=O)CCCCOC1OC(COP(=O)(O)O)C(O)C(O)C1O. The molecule has 0 aromatic rings. The number of phosphoric acid groups is 3. The lowest BCUT2D eigenvalue weighted by Gasteiger charge is -2.40. The molecule has 0 saturated carbocycles. The Morgan fingerprint density at radius 2 is 0.624 bits per heavy atom. The van der Waals surface area contributed by atoms with E-state index in [2.05, 4.69) is 45.5 Å². The van der Waals surface area contributed by atoms with Crippen LogP contribution in [0.15, 0.2) is 0 Å². The summed E-state index contributed by atoms with van der Waals surface area (Å²) >= 11 is 0. The summed E-state index contributed by atoms with van der Waals surface area (Å²) in [6, 6.07) is 0. The molecule has 0 aromatic carbocycles. The number of hydrogen-bond acceptors (Lipinski definition) is 30. The Kier molecular flexibility index (Phi) is 44.1. The highest BCUT2D eigenvalue weighted by Gasteiger charge is 2.48. The number of aliphatic hydroxyl groups is 9. The minimum Gasteiger partial charge on any atom is -0.387 e. The second-order valence-corrected chi connectivity index (χ2v) is 28.0. The van der Waals surface area contributed by atoms with Gasteiger partial charge in [0.05, 0.1) is 46.2 Å². The minimum atomic E-state index is -4.92. The first-order valence-corrected chi connectivity index (χ1v) is 37.5. The zero-order chi connectivity index (χ0) is 75.2. The fraction of sp³-hybridized carbons (Fsp3) is 0.893. The molecule has 3 saturated heterocycles. The van der Waals surface area contributed by atoms with Gasteiger partial charge in [-0.3, -0.25) is 42.3 Å². The van der Waals surface area contributed by atoms with Crippen molar-refractivity contribution in [2.45, 2.75) is 195 Å². The molecule has 15 atom stereocenters. The van der Waals surface area contributed by atoms with Crippen molar-refractivity contribution in [2.75, 3.05) is 119 Å². The summed E-state index contributed by atoms with van der Waals surface area (Å²) < 4.78 is 95.8. The number of unbranched alkanes of at least 4 members (excludes halogenated alkanes) is 3. The number of ether oxygens (including phenoxy) is 9. The molecule has 590 valence electrons. The highest BCUT2D eigenvalue weighted by Crippen LogP contribution is 2.39. The van der Waals surface area contributed by atoms with Crippen LogP contribution in [0.25, 0.3) is 0 Å². The summed E-state index contributed by atoms with van der Waals surface area (Å²) in [7, 11) is -14.8. The lowest BCUT2D eigenvalue weighted by molar-refractivity contribution is -0.300. The predicted molar refractivity (Wildman–Crippen MR) is 340 cm³/mol. The number of carbonyl (C=O) groups is 6. The third kappa shape index (κ3) is 40.1. The first-order chi connectivity index (χ1) is 47.6. The van der Waals surface area contributed by atoms with E-state index in [0.29, 0.717) is 64.2 Å². The molecule has 6 amide bonds. The molecule has 21 N–H and O–H groups in total. The molecular weight excluding hydrogens is 1430 g/mol. The summed E-state index contributed by atoms with van der Waals surface area (Å²) in [5.41, 5.74) is -0.738. The summed E-state index contributed by atoms with van der Waals surface area (Å²) in [5.74, 6) is -1.93. The molecule has 3 fully saturated rings. The fourth-order valence-corrected chi connectivity index (χ4v) is 10.6. The van der Waals surface area contributed by atoms with Crippen molar-refractivity contribution in [3.8, 4) is 0 Å². The van der Waals surface area contributed by atoms with Gasteiger partial charge in [0.15, 0.2) is 18.9 Å². The Labute approximate surface area is 582 Å². The smallest absolute Gasteiger partial charge is 0.387 e. The zero-order valence-corrected chi connectivity index (χ0v) is 58.8. The van der Waals surface area contributed by atoms with Crippen LogP contribution in [-0.2, 0) is 98.7 Å². The third-order valence-electron chi connectivity index (χ3n) is 15.4. The second-order valence-electron chi connectivity index (χ2n) is 24.3. The first-order valence-electron chi connectivity index (χ1n) is 33.0. The zero-order valence-electron chi connectivity index (χ0n) is 56.1. The van der Waals surface area contributed by atoms with Crippen LogP contribution in [0, 0.1) is 5.41 Å². The maximum atomic E-state index is 12.7. The number of amides is 6. The van der Waals surface area contributed by atoms with Crippen LogP contribution < -0.4 is 31.9 Å².